The Labute approximate surface area is 205 Å². The van der Waals surface area contributed by atoms with Crippen LogP contribution < -0.4 is 15.4 Å². The summed E-state index contributed by atoms with van der Waals surface area (Å²) in [6.45, 7) is 4.42. The van der Waals surface area contributed by atoms with Crippen LogP contribution in [0.2, 0.25) is 0 Å². The lowest BCUT2D eigenvalue weighted by Crippen LogP contribution is -2.44. The molecule has 4 rings (SSSR count). The number of aromatic nitrogens is 3. The first-order valence-corrected chi connectivity index (χ1v) is 12.0. The van der Waals surface area contributed by atoms with Crippen LogP contribution in [0, 0.1) is 5.82 Å². The maximum atomic E-state index is 14.9. The molecule has 2 aromatic carbocycles. The van der Waals surface area contributed by atoms with Crippen molar-refractivity contribution in [3.8, 4) is 22.8 Å². The summed E-state index contributed by atoms with van der Waals surface area (Å²) in [6.07, 6.45) is 0. The van der Waals surface area contributed by atoms with E-state index in [-0.39, 0.29) is 24.6 Å². The highest BCUT2D eigenvalue weighted by atomic mass is 32.2. The molecule has 1 aliphatic rings. The molecule has 2 heterocycles. The number of halogens is 1. The molecule has 2 N–H and O–H groups in total. The first kappa shape index (κ1) is 24.3. The minimum Gasteiger partial charge on any atom is -0.494 e. The molecule has 0 fully saturated rings. The molecule has 11 heteroatoms. The van der Waals surface area contributed by atoms with Crippen molar-refractivity contribution in [3.05, 3.63) is 65.6 Å². The highest BCUT2D eigenvalue weighted by molar-refractivity contribution is 7.99. The average molecular weight is 498 g/mol. The molecule has 2 amide bonds. The molecule has 0 saturated heterocycles. The number of ether oxygens (including phenoxy) is 2. The molecule has 0 aliphatic carbocycles. The van der Waals surface area contributed by atoms with Gasteiger partial charge in [0.1, 0.15) is 11.6 Å². The minimum atomic E-state index is -0.513. The first-order chi connectivity index (χ1) is 17.0. The SMILES string of the molecule is CCOC(=O)C1=C(CSc2nnc(-c3ccc(OCC)cc3)n2-c2ccccc2F)NC(=O)NC1. The molecular formula is C24H24FN5O4S. The summed E-state index contributed by atoms with van der Waals surface area (Å²) in [5.41, 5.74) is 1.72. The van der Waals surface area contributed by atoms with Crippen molar-refractivity contribution in [1.29, 1.82) is 0 Å². The van der Waals surface area contributed by atoms with Gasteiger partial charge in [0.2, 0.25) is 0 Å². The number of nitrogens with one attached hydrogen (secondary N) is 2. The Morgan fingerprint density at radius 1 is 1.11 bits per heavy atom. The summed E-state index contributed by atoms with van der Waals surface area (Å²) in [7, 11) is 0. The second kappa shape index (κ2) is 11.0. The van der Waals surface area contributed by atoms with Gasteiger partial charge in [-0.05, 0) is 50.2 Å². The first-order valence-electron chi connectivity index (χ1n) is 11.0. The fourth-order valence-corrected chi connectivity index (χ4v) is 4.41. The maximum absolute atomic E-state index is 14.9. The van der Waals surface area contributed by atoms with Crippen molar-refractivity contribution in [1.82, 2.24) is 25.4 Å². The summed E-state index contributed by atoms with van der Waals surface area (Å²) in [5.74, 6) is 0.388. The lowest BCUT2D eigenvalue weighted by Gasteiger charge is -2.21. The number of nitrogens with zero attached hydrogens (tertiary/aromatic N) is 3. The molecule has 0 bridgehead atoms. The third-order valence-electron chi connectivity index (χ3n) is 5.07. The van der Waals surface area contributed by atoms with Crippen molar-refractivity contribution in [2.45, 2.75) is 19.0 Å². The standard InChI is InChI=1S/C24H24FN5O4S/c1-3-33-16-11-9-15(10-12-16)21-28-29-24(30(21)20-8-6-5-7-18(20)25)35-14-19-17(22(31)34-4-2)13-26-23(32)27-19/h5-12H,3-4,13-14H2,1-2H3,(H2,26,27,32). The van der Waals surface area contributed by atoms with Gasteiger partial charge in [-0.3, -0.25) is 4.57 Å². The van der Waals surface area contributed by atoms with Crippen LogP contribution in [0.3, 0.4) is 0 Å². The third kappa shape index (κ3) is 5.46. The zero-order valence-corrected chi connectivity index (χ0v) is 20.0. The van der Waals surface area contributed by atoms with Gasteiger partial charge in [-0.15, -0.1) is 10.2 Å². The van der Waals surface area contributed by atoms with E-state index >= 15 is 0 Å². The molecule has 0 unspecified atom stereocenters. The maximum Gasteiger partial charge on any atom is 0.337 e. The van der Waals surface area contributed by atoms with Gasteiger partial charge in [-0.2, -0.15) is 0 Å². The van der Waals surface area contributed by atoms with Gasteiger partial charge in [-0.25, -0.2) is 14.0 Å². The van der Waals surface area contributed by atoms with Crippen LogP contribution in [0.4, 0.5) is 9.18 Å². The predicted octanol–water partition coefficient (Wildman–Crippen LogP) is 3.69. The highest BCUT2D eigenvalue weighted by Gasteiger charge is 2.25. The van der Waals surface area contributed by atoms with Crippen molar-refractivity contribution in [2.75, 3.05) is 25.5 Å². The summed E-state index contributed by atoms with van der Waals surface area (Å²) >= 11 is 1.22. The largest absolute Gasteiger partial charge is 0.494 e. The summed E-state index contributed by atoms with van der Waals surface area (Å²) in [4.78, 5) is 24.2. The fourth-order valence-electron chi connectivity index (χ4n) is 3.47. The molecule has 9 nitrogen and oxygen atoms in total. The van der Waals surface area contributed by atoms with Crippen molar-refractivity contribution >= 4 is 23.8 Å². The van der Waals surface area contributed by atoms with E-state index in [0.717, 1.165) is 5.56 Å². The number of benzene rings is 2. The zero-order valence-electron chi connectivity index (χ0n) is 19.2. The van der Waals surface area contributed by atoms with Crippen LogP contribution in [-0.4, -0.2) is 52.3 Å². The summed E-state index contributed by atoms with van der Waals surface area (Å²) in [6, 6.07) is 13.2. The quantitative estimate of drug-likeness (QED) is 0.343. The van der Waals surface area contributed by atoms with Gasteiger partial charge in [0.25, 0.3) is 0 Å². The molecular weight excluding hydrogens is 473 g/mol. The highest BCUT2D eigenvalue weighted by Crippen LogP contribution is 2.31. The third-order valence-corrected chi connectivity index (χ3v) is 6.03. The number of amides is 2. The second-order valence-electron chi connectivity index (χ2n) is 7.32. The van der Waals surface area contributed by atoms with Crippen LogP contribution in [-0.2, 0) is 9.53 Å². The van der Waals surface area contributed by atoms with Crippen molar-refractivity contribution < 1.29 is 23.5 Å². The van der Waals surface area contributed by atoms with Crippen LogP contribution in [0.15, 0.2) is 65.0 Å². The number of hydrogen-bond donors (Lipinski definition) is 2. The van der Waals surface area contributed by atoms with Gasteiger partial charge >= 0.3 is 12.0 Å². The second-order valence-corrected chi connectivity index (χ2v) is 8.27. The Morgan fingerprint density at radius 3 is 2.60 bits per heavy atom. The number of rotatable bonds is 9. The van der Waals surface area contributed by atoms with Gasteiger partial charge in [0.05, 0.1) is 31.0 Å². The lowest BCUT2D eigenvalue weighted by molar-refractivity contribution is -0.138. The monoisotopic (exact) mass is 497 g/mol. The molecule has 3 aromatic rings. The molecule has 182 valence electrons. The minimum absolute atomic E-state index is 0.0536. The van der Waals surface area contributed by atoms with Crippen LogP contribution in [0.25, 0.3) is 17.1 Å². The topological polar surface area (TPSA) is 107 Å². The van der Waals surface area contributed by atoms with Crippen LogP contribution in [0.5, 0.6) is 5.75 Å². The predicted molar refractivity (Wildman–Crippen MR) is 129 cm³/mol. The molecule has 0 radical (unpaired) electrons. The van der Waals surface area contributed by atoms with Crippen molar-refractivity contribution in [3.63, 3.8) is 0 Å². The summed E-state index contributed by atoms with van der Waals surface area (Å²) in [5, 5.41) is 14.2. The van der Waals surface area contributed by atoms with E-state index in [1.807, 2.05) is 31.2 Å². The van der Waals surface area contributed by atoms with E-state index in [2.05, 4.69) is 20.8 Å². The number of carbonyl (C=O) groups excluding carboxylic acids is 2. The van der Waals surface area contributed by atoms with E-state index in [4.69, 9.17) is 9.47 Å². The molecule has 0 saturated carbocycles. The lowest BCUT2D eigenvalue weighted by atomic mass is 10.2. The van der Waals surface area contributed by atoms with E-state index in [1.165, 1.54) is 17.8 Å². The average Bonchev–Trinajstić information content (AvgIpc) is 3.27. The molecule has 1 aromatic heterocycles. The van der Waals surface area contributed by atoms with Gasteiger partial charge in [-0.1, -0.05) is 23.9 Å². The number of esters is 1. The molecule has 0 spiro atoms. The molecule has 35 heavy (non-hydrogen) atoms. The summed E-state index contributed by atoms with van der Waals surface area (Å²) < 4.78 is 27.1. The zero-order chi connectivity index (χ0) is 24.8. The van der Waals surface area contributed by atoms with E-state index in [9.17, 15) is 14.0 Å². The number of urea groups is 1. The van der Waals surface area contributed by atoms with Gasteiger partial charge in [0, 0.05) is 17.0 Å². The Balaban J connectivity index is 1.70. The smallest absolute Gasteiger partial charge is 0.337 e. The van der Waals surface area contributed by atoms with Crippen LogP contribution in [0.1, 0.15) is 13.8 Å². The molecule has 0 atom stereocenters. The van der Waals surface area contributed by atoms with E-state index < -0.39 is 17.8 Å². The Bertz CT molecular complexity index is 1260. The normalized spacial score (nSPS) is 13.3. The van der Waals surface area contributed by atoms with Crippen LogP contribution >= 0.6 is 11.8 Å². The number of carbonyl (C=O) groups is 2. The van der Waals surface area contributed by atoms with E-state index in [0.29, 0.717) is 34.6 Å². The molecule has 1 aliphatic heterocycles. The number of thioether (sulfide) groups is 1. The Hall–Kier alpha value is -3.86. The number of para-hydroxylation sites is 1. The van der Waals surface area contributed by atoms with Crippen molar-refractivity contribution in [2.24, 2.45) is 0 Å². The fraction of sp³-hybridized carbons (Fsp3) is 0.250. The van der Waals surface area contributed by atoms with Gasteiger partial charge < -0.3 is 20.1 Å². The van der Waals surface area contributed by atoms with Gasteiger partial charge in [0.15, 0.2) is 11.0 Å². The van der Waals surface area contributed by atoms with E-state index in [1.54, 1.807) is 29.7 Å². The Morgan fingerprint density at radius 2 is 1.89 bits per heavy atom. The number of hydrogen-bond acceptors (Lipinski definition) is 7. The Kier molecular flexibility index (Phi) is 7.66.